The Labute approximate surface area is 125 Å². The molecule has 1 aromatic heterocycles. The molecule has 6 heteroatoms. The third-order valence-electron chi connectivity index (χ3n) is 4.36. The highest BCUT2D eigenvalue weighted by Crippen LogP contribution is 2.19. The van der Waals surface area contributed by atoms with Gasteiger partial charge in [-0.15, -0.1) is 0 Å². The topological polar surface area (TPSA) is 50.6 Å². The van der Waals surface area contributed by atoms with Gasteiger partial charge in [0.15, 0.2) is 0 Å². The molecule has 2 atom stereocenters. The summed E-state index contributed by atoms with van der Waals surface area (Å²) >= 11 is 0. The Balaban J connectivity index is 1.75. The van der Waals surface area contributed by atoms with E-state index in [4.69, 9.17) is 4.74 Å². The zero-order valence-corrected chi connectivity index (χ0v) is 13.1. The average Bonchev–Trinajstić information content (AvgIpc) is 2.57. The number of carbonyl (C=O) groups excluding carboxylic acids is 1. The number of fused-ring (bicyclic) bond motifs is 3. The van der Waals surface area contributed by atoms with Crippen LogP contribution in [0.25, 0.3) is 0 Å². The minimum absolute atomic E-state index is 0.150. The second-order valence-electron chi connectivity index (χ2n) is 6.41. The molecule has 0 radical (unpaired) electrons. The first kappa shape index (κ1) is 14.5. The van der Waals surface area contributed by atoms with Crippen molar-refractivity contribution in [2.24, 2.45) is 5.92 Å². The van der Waals surface area contributed by atoms with Crippen molar-refractivity contribution in [2.45, 2.75) is 26.4 Å². The van der Waals surface area contributed by atoms with E-state index in [2.05, 4.69) is 17.0 Å². The van der Waals surface area contributed by atoms with E-state index in [-0.39, 0.29) is 11.9 Å². The van der Waals surface area contributed by atoms with Crippen molar-refractivity contribution in [3.05, 3.63) is 17.5 Å². The number of hydrogen-bond acceptors (Lipinski definition) is 4. The maximum atomic E-state index is 12.7. The van der Waals surface area contributed by atoms with Crippen molar-refractivity contribution in [1.82, 2.24) is 19.6 Å². The minimum Gasteiger partial charge on any atom is -0.379 e. The summed E-state index contributed by atoms with van der Waals surface area (Å²) < 4.78 is 7.53. The van der Waals surface area contributed by atoms with Crippen LogP contribution in [0.2, 0.25) is 0 Å². The number of nitrogens with zero attached hydrogens (tertiary/aromatic N) is 4. The van der Waals surface area contributed by atoms with Gasteiger partial charge in [0.2, 0.25) is 5.91 Å². The van der Waals surface area contributed by atoms with Crippen LogP contribution in [0.5, 0.6) is 0 Å². The van der Waals surface area contributed by atoms with Gasteiger partial charge in [0.25, 0.3) is 0 Å². The molecule has 2 bridgehead atoms. The molecule has 3 rings (SSSR count). The number of rotatable bonds is 2. The number of aryl methyl sites for hydroxylation is 2. The lowest BCUT2D eigenvalue weighted by Crippen LogP contribution is -2.47. The second-order valence-corrected chi connectivity index (χ2v) is 6.41. The Morgan fingerprint density at radius 1 is 1.33 bits per heavy atom. The maximum Gasteiger partial charge on any atom is 0.244 e. The third kappa shape index (κ3) is 3.11. The molecule has 0 spiro atoms. The maximum absolute atomic E-state index is 12.7. The first-order valence-corrected chi connectivity index (χ1v) is 7.59. The summed E-state index contributed by atoms with van der Waals surface area (Å²) in [6, 6.07) is 2.16. The predicted molar refractivity (Wildman–Crippen MR) is 79.0 cm³/mol. The van der Waals surface area contributed by atoms with Crippen molar-refractivity contribution >= 4 is 5.91 Å². The molecule has 0 N–H and O–H groups in total. The van der Waals surface area contributed by atoms with Crippen molar-refractivity contribution in [2.75, 3.05) is 39.9 Å². The van der Waals surface area contributed by atoms with Gasteiger partial charge in [-0.05, 0) is 27.0 Å². The molecule has 0 aliphatic carbocycles. The van der Waals surface area contributed by atoms with E-state index >= 15 is 0 Å². The molecule has 1 aromatic rings. The van der Waals surface area contributed by atoms with Crippen LogP contribution in [0.1, 0.15) is 11.4 Å². The Morgan fingerprint density at radius 3 is 2.86 bits per heavy atom. The van der Waals surface area contributed by atoms with Crippen molar-refractivity contribution in [1.29, 1.82) is 0 Å². The van der Waals surface area contributed by atoms with E-state index in [1.807, 2.05) is 24.8 Å². The lowest BCUT2D eigenvalue weighted by molar-refractivity contribution is -0.134. The molecule has 0 unspecified atom stereocenters. The van der Waals surface area contributed by atoms with Gasteiger partial charge in [0.1, 0.15) is 6.54 Å². The normalized spacial score (nSPS) is 26.7. The fraction of sp³-hybridized carbons (Fsp3) is 0.733. The summed E-state index contributed by atoms with van der Waals surface area (Å²) in [4.78, 5) is 17.0. The van der Waals surface area contributed by atoms with E-state index in [1.165, 1.54) is 0 Å². The Kier molecular flexibility index (Phi) is 3.99. The third-order valence-corrected chi connectivity index (χ3v) is 4.36. The number of aromatic nitrogens is 2. The van der Waals surface area contributed by atoms with Crippen molar-refractivity contribution in [3.8, 4) is 0 Å². The van der Waals surface area contributed by atoms with Gasteiger partial charge in [-0.25, -0.2) is 0 Å². The minimum atomic E-state index is 0.150. The molecule has 0 saturated carbocycles. The highest BCUT2D eigenvalue weighted by Gasteiger charge is 2.34. The molecular weight excluding hydrogens is 268 g/mol. The molecule has 3 heterocycles. The van der Waals surface area contributed by atoms with Crippen LogP contribution in [0, 0.1) is 19.8 Å². The van der Waals surface area contributed by atoms with Crippen LogP contribution in [0.15, 0.2) is 6.07 Å². The molecule has 21 heavy (non-hydrogen) atoms. The summed E-state index contributed by atoms with van der Waals surface area (Å²) in [7, 11) is 2.13. The van der Waals surface area contributed by atoms with Crippen molar-refractivity contribution in [3.63, 3.8) is 0 Å². The molecule has 116 valence electrons. The van der Waals surface area contributed by atoms with Gasteiger partial charge in [0, 0.05) is 31.2 Å². The SMILES string of the molecule is Cc1cc(C)n(CC(=O)N2C[C@H]3COC[C@@H]2CN(C)C3)n1. The summed E-state index contributed by atoms with van der Waals surface area (Å²) in [5, 5.41) is 4.40. The highest BCUT2D eigenvalue weighted by molar-refractivity contribution is 5.76. The van der Waals surface area contributed by atoms with Crippen LogP contribution in [-0.4, -0.2) is 71.4 Å². The largest absolute Gasteiger partial charge is 0.379 e. The number of carbonyl (C=O) groups is 1. The van der Waals surface area contributed by atoms with E-state index in [0.717, 1.165) is 37.6 Å². The summed E-state index contributed by atoms with van der Waals surface area (Å²) in [5.41, 5.74) is 1.99. The van der Waals surface area contributed by atoms with Gasteiger partial charge < -0.3 is 14.5 Å². The predicted octanol–water partition coefficient (Wildman–Crippen LogP) is 0.289. The molecule has 0 aromatic carbocycles. The lowest BCUT2D eigenvalue weighted by Gasteiger charge is -2.29. The highest BCUT2D eigenvalue weighted by atomic mass is 16.5. The van der Waals surface area contributed by atoms with Crippen LogP contribution in [-0.2, 0) is 16.1 Å². The summed E-state index contributed by atoms with van der Waals surface area (Å²) in [6.07, 6.45) is 0. The second kappa shape index (κ2) is 5.77. The fourth-order valence-electron chi connectivity index (χ4n) is 3.44. The van der Waals surface area contributed by atoms with Gasteiger partial charge in [-0.3, -0.25) is 9.48 Å². The smallest absolute Gasteiger partial charge is 0.244 e. The van der Waals surface area contributed by atoms with Crippen LogP contribution < -0.4 is 0 Å². The molecule has 1 amide bonds. The molecule has 6 nitrogen and oxygen atoms in total. The number of hydrogen-bond donors (Lipinski definition) is 0. The van der Waals surface area contributed by atoms with E-state index in [9.17, 15) is 4.79 Å². The van der Waals surface area contributed by atoms with E-state index in [0.29, 0.717) is 19.1 Å². The van der Waals surface area contributed by atoms with Gasteiger partial charge >= 0.3 is 0 Å². The van der Waals surface area contributed by atoms with Gasteiger partial charge in [0.05, 0.1) is 24.9 Å². The Bertz CT molecular complexity index is 528. The standard InChI is InChI=1S/C15H24N4O2/c1-11-4-12(2)19(16-11)8-15(20)18-6-13-5-17(3)7-14(18)10-21-9-13/h4,13-14H,5-10H2,1-3H3/t13-,14-/m0/s1. The fourth-order valence-corrected chi connectivity index (χ4v) is 3.44. The van der Waals surface area contributed by atoms with Crippen LogP contribution in [0.3, 0.4) is 0 Å². The molecule has 2 fully saturated rings. The first-order valence-electron chi connectivity index (χ1n) is 7.59. The van der Waals surface area contributed by atoms with E-state index in [1.54, 1.807) is 4.68 Å². The zero-order chi connectivity index (χ0) is 15.0. The molecule has 2 aliphatic heterocycles. The summed E-state index contributed by atoms with van der Waals surface area (Å²) in [5.74, 6) is 0.559. The Morgan fingerprint density at radius 2 is 2.14 bits per heavy atom. The Hall–Kier alpha value is -1.40. The van der Waals surface area contributed by atoms with Crippen LogP contribution in [0.4, 0.5) is 0 Å². The monoisotopic (exact) mass is 292 g/mol. The quantitative estimate of drug-likeness (QED) is 0.786. The van der Waals surface area contributed by atoms with Crippen molar-refractivity contribution < 1.29 is 9.53 Å². The number of likely N-dealkylation sites (N-methyl/N-ethyl adjacent to an activating group) is 1. The number of amides is 1. The van der Waals surface area contributed by atoms with Gasteiger partial charge in [-0.1, -0.05) is 0 Å². The summed E-state index contributed by atoms with van der Waals surface area (Å²) in [6.45, 7) is 8.36. The molecule has 2 saturated heterocycles. The molecule has 2 aliphatic rings. The van der Waals surface area contributed by atoms with Crippen LogP contribution >= 0.6 is 0 Å². The molecular formula is C15H24N4O2. The number of ether oxygens (including phenoxy) is 1. The zero-order valence-electron chi connectivity index (χ0n) is 13.1. The average molecular weight is 292 g/mol. The van der Waals surface area contributed by atoms with Gasteiger partial charge in [-0.2, -0.15) is 5.10 Å². The lowest BCUT2D eigenvalue weighted by atomic mass is 10.1. The van der Waals surface area contributed by atoms with E-state index < -0.39 is 0 Å². The first-order chi connectivity index (χ1) is 10.0.